The summed E-state index contributed by atoms with van der Waals surface area (Å²) in [6.45, 7) is 3.87. The molecule has 114 valence electrons. The normalized spacial score (nSPS) is 26.2. The van der Waals surface area contributed by atoms with Gasteiger partial charge in [-0.25, -0.2) is 0 Å². The average Bonchev–Trinajstić information content (AvgIpc) is 2.95. The van der Waals surface area contributed by atoms with E-state index < -0.39 is 5.54 Å². The van der Waals surface area contributed by atoms with E-state index >= 15 is 0 Å². The molecule has 1 atom stereocenters. The summed E-state index contributed by atoms with van der Waals surface area (Å²) in [6.07, 6.45) is 0.611. The highest BCUT2D eigenvalue weighted by atomic mass is 35.5. The van der Waals surface area contributed by atoms with Gasteiger partial charge in [0, 0.05) is 43.5 Å². The third-order valence-electron chi connectivity index (χ3n) is 4.22. The van der Waals surface area contributed by atoms with Gasteiger partial charge in [-0.05, 0) is 24.6 Å². The largest absolute Gasteiger partial charge is 0.379 e. The molecule has 2 aliphatic rings. The Morgan fingerprint density at radius 3 is 2.67 bits per heavy atom. The molecule has 3 rings (SSSR count). The van der Waals surface area contributed by atoms with Crippen LogP contribution in [-0.2, 0) is 9.53 Å². The van der Waals surface area contributed by atoms with Crippen LogP contribution in [0.5, 0.6) is 0 Å². The van der Waals surface area contributed by atoms with Crippen LogP contribution < -0.4 is 10.6 Å². The number of ether oxygens (including phenoxy) is 1. The molecule has 1 aromatic carbocycles. The molecule has 0 radical (unpaired) electrons. The molecule has 2 saturated heterocycles. The van der Waals surface area contributed by atoms with Crippen molar-refractivity contribution in [2.45, 2.75) is 12.0 Å². The Bertz CT molecular complexity index is 523. The van der Waals surface area contributed by atoms with Crippen molar-refractivity contribution in [3.05, 3.63) is 29.3 Å². The number of carbonyl (C=O) groups excluding carboxylic acids is 1. The predicted octanol–water partition coefficient (Wildman–Crippen LogP) is 1.11. The minimum atomic E-state index is -0.821. The lowest BCUT2D eigenvalue weighted by Crippen LogP contribution is -2.60. The number of piperazine rings is 1. The van der Waals surface area contributed by atoms with Gasteiger partial charge in [-0.2, -0.15) is 0 Å². The Kier molecular flexibility index (Phi) is 4.06. The molecule has 2 heterocycles. The molecule has 0 saturated carbocycles. The zero-order valence-corrected chi connectivity index (χ0v) is 12.7. The molecule has 0 spiro atoms. The van der Waals surface area contributed by atoms with Crippen LogP contribution >= 0.6 is 11.6 Å². The fourth-order valence-corrected chi connectivity index (χ4v) is 3.09. The first kappa shape index (κ1) is 14.6. The average molecular weight is 310 g/mol. The van der Waals surface area contributed by atoms with E-state index in [0.29, 0.717) is 32.7 Å². The summed E-state index contributed by atoms with van der Waals surface area (Å²) < 4.78 is 5.28. The quantitative estimate of drug-likeness (QED) is 0.889. The topological polar surface area (TPSA) is 58.8 Å². The van der Waals surface area contributed by atoms with E-state index in [2.05, 4.69) is 4.90 Å². The Morgan fingerprint density at radius 1 is 1.29 bits per heavy atom. The van der Waals surface area contributed by atoms with Gasteiger partial charge in [0.05, 0.1) is 6.61 Å². The third kappa shape index (κ3) is 3.00. The number of nitrogens with zero attached hydrogens (tertiary/aromatic N) is 2. The van der Waals surface area contributed by atoms with Gasteiger partial charge in [0.25, 0.3) is 0 Å². The Morgan fingerprint density at radius 2 is 2.05 bits per heavy atom. The molecular weight excluding hydrogens is 290 g/mol. The van der Waals surface area contributed by atoms with Gasteiger partial charge in [-0.1, -0.05) is 17.7 Å². The number of hydrogen-bond donors (Lipinski definition) is 1. The molecule has 1 amide bonds. The van der Waals surface area contributed by atoms with Crippen LogP contribution in [0.4, 0.5) is 5.69 Å². The van der Waals surface area contributed by atoms with Crippen LogP contribution in [0.1, 0.15) is 6.42 Å². The van der Waals surface area contributed by atoms with Crippen LogP contribution in [0, 0.1) is 0 Å². The van der Waals surface area contributed by atoms with Gasteiger partial charge in [0.15, 0.2) is 0 Å². The lowest BCUT2D eigenvalue weighted by atomic mass is 9.98. The fourth-order valence-electron chi connectivity index (χ4n) is 2.90. The SMILES string of the molecule is NC1(C(=O)N2CCN(c3cccc(Cl)c3)CC2)CCOC1. The monoisotopic (exact) mass is 309 g/mol. The highest BCUT2D eigenvalue weighted by molar-refractivity contribution is 6.30. The molecule has 1 aromatic rings. The van der Waals surface area contributed by atoms with Crippen molar-refractivity contribution < 1.29 is 9.53 Å². The smallest absolute Gasteiger partial charge is 0.245 e. The van der Waals surface area contributed by atoms with Crippen molar-refractivity contribution in [2.75, 3.05) is 44.3 Å². The van der Waals surface area contributed by atoms with E-state index in [0.717, 1.165) is 23.8 Å². The summed E-state index contributed by atoms with van der Waals surface area (Å²) in [7, 11) is 0. The number of rotatable bonds is 2. The Hall–Kier alpha value is -1.30. The van der Waals surface area contributed by atoms with Crippen molar-refractivity contribution in [3.63, 3.8) is 0 Å². The van der Waals surface area contributed by atoms with Gasteiger partial charge >= 0.3 is 0 Å². The summed E-state index contributed by atoms with van der Waals surface area (Å²) in [5.41, 5.74) is 6.43. The summed E-state index contributed by atoms with van der Waals surface area (Å²) in [5, 5.41) is 0.732. The number of amides is 1. The number of carbonyl (C=O) groups is 1. The second-order valence-electron chi connectivity index (χ2n) is 5.72. The van der Waals surface area contributed by atoms with Crippen molar-refractivity contribution in [2.24, 2.45) is 5.73 Å². The van der Waals surface area contributed by atoms with Crippen LogP contribution in [0.2, 0.25) is 5.02 Å². The van der Waals surface area contributed by atoms with Gasteiger partial charge in [-0.3, -0.25) is 4.79 Å². The van der Waals surface area contributed by atoms with Gasteiger partial charge in [-0.15, -0.1) is 0 Å². The summed E-state index contributed by atoms with van der Waals surface area (Å²) in [4.78, 5) is 16.6. The van der Waals surface area contributed by atoms with E-state index in [9.17, 15) is 4.79 Å². The second kappa shape index (κ2) is 5.83. The minimum Gasteiger partial charge on any atom is -0.379 e. The fraction of sp³-hybridized carbons (Fsp3) is 0.533. The molecule has 1 unspecified atom stereocenters. The minimum absolute atomic E-state index is 0.0192. The van der Waals surface area contributed by atoms with Gasteiger partial charge in [0.1, 0.15) is 5.54 Å². The van der Waals surface area contributed by atoms with Crippen LogP contribution in [0.3, 0.4) is 0 Å². The van der Waals surface area contributed by atoms with E-state index in [1.807, 2.05) is 29.2 Å². The van der Waals surface area contributed by atoms with Crippen LogP contribution in [-0.4, -0.2) is 55.7 Å². The zero-order valence-electron chi connectivity index (χ0n) is 11.9. The maximum atomic E-state index is 12.5. The number of anilines is 1. The molecule has 2 N–H and O–H groups in total. The molecular formula is C15H20ClN3O2. The molecule has 0 aliphatic carbocycles. The van der Waals surface area contributed by atoms with Crippen LogP contribution in [0.15, 0.2) is 24.3 Å². The second-order valence-corrected chi connectivity index (χ2v) is 6.15. The van der Waals surface area contributed by atoms with Gasteiger partial charge in [0.2, 0.25) is 5.91 Å². The molecule has 6 heteroatoms. The molecule has 2 fully saturated rings. The molecule has 0 bridgehead atoms. The van der Waals surface area contributed by atoms with E-state index in [-0.39, 0.29) is 5.91 Å². The first-order valence-electron chi connectivity index (χ1n) is 7.25. The van der Waals surface area contributed by atoms with Crippen molar-refractivity contribution in [1.29, 1.82) is 0 Å². The van der Waals surface area contributed by atoms with Crippen molar-refractivity contribution >= 4 is 23.2 Å². The first-order valence-corrected chi connectivity index (χ1v) is 7.63. The summed E-state index contributed by atoms with van der Waals surface area (Å²) in [5.74, 6) is 0.0192. The van der Waals surface area contributed by atoms with Gasteiger partial charge < -0.3 is 20.3 Å². The van der Waals surface area contributed by atoms with E-state index in [1.54, 1.807) is 0 Å². The standard InChI is InChI=1S/C15H20ClN3O2/c16-12-2-1-3-13(10-12)18-5-7-19(8-6-18)14(20)15(17)4-9-21-11-15/h1-3,10H,4-9,11,17H2. The highest BCUT2D eigenvalue weighted by Gasteiger charge is 2.41. The number of halogens is 1. The third-order valence-corrected chi connectivity index (χ3v) is 4.45. The molecule has 2 aliphatic heterocycles. The first-order chi connectivity index (χ1) is 10.1. The van der Waals surface area contributed by atoms with Crippen molar-refractivity contribution in [3.8, 4) is 0 Å². The number of hydrogen-bond acceptors (Lipinski definition) is 4. The van der Waals surface area contributed by atoms with E-state index in [1.165, 1.54) is 0 Å². The predicted molar refractivity (Wildman–Crippen MR) is 82.6 cm³/mol. The number of nitrogens with two attached hydrogens (primary N) is 1. The summed E-state index contributed by atoms with van der Waals surface area (Å²) in [6, 6.07) is 7.80. The van der Waals surface area contributed by atoms with E-state index in [4.69, 9.17) is 22.1 Å². The molecule has 21 heavy (non-hydrogen) atoms. The molecule has 5 nitrogen and oxygen atoms in total. The van der Waals surface area contributed by atoms with Crippen LogP contribution in [0.25, 0.3) is 0 Å². The Labute approximate surface area is 129 Å². The van der Waals surface area contributed by atoms with Crippen molar-refractivity contribution in [1.82, 2.24) is 4.90 Å². The maximum absolute atomic E-state index is 12.5. The Balaban J connectivity index is 1.61. The lowest BCUT2D eigenvalue weighted by molar-refractivity contribution is -0.137. The number of benzene rings is 1. The molecule has 0 aromatic heterocycles. The highest BCUT2D eigenvalue weighted by Crippen LogP contribution is 2.23. The summed E-state index contributed by atoms with van der Waals surface area (Å²) >= 11 is 6.03. The maximum Gasteiger partial charge on any atom is 0.245 e. The zero-order chi connectivity index (χ0) is 14.9. The lowest BCUT2D eigenvalue weighted by Gasteiger charge is -2.39.